The molecule has 44 heavy (non-hydrogen) atoms. The van der Waals surface area contributed by atoms with Crippen LogP contribution in [0.15, 0.2) is 77.3 Å². The third-order valence-corrected chi connectivity index (χ3v) is 9.06. The number of sulfonamides is 1. The first-order chi connectivity index (χ1) is 21.2. The Labute approximate surface area is 268 Å². The molecular formula is C33H40BrN3O6S. The third-order valence-electron chi connectivity index (χ3n) is 7.33. The van der Waals surface area contributed by atoms with Crippen molar-refractivity contribution in [1.29, 1.82) is 0 Å². The second-order valence-electron chi connectivity index (χ2n) is 10.8. The van der Waals surface area contributed by atoms with Gasteiger partial charge in [-0.05, 0) is 48.2 Å². The maximum atomic E-state index is 14.0. The van der Waals surface area contributed by atoms with E-state index in [1.807, 2.05) is 54.6 Å². The molecule has 11 heteroatoms. The van der Waals surface area contributed by atoms with E-state index in [2.05, 4.69) is 28.2 Å². The second-order valence-corrected chi connectivity index (χ2v) is 13.6. The first-order valence-electron chi connectivity index (χ1n) is 14.9. The standard InChI is InChI=1S/C33H40BrN3O6S/c1-3-4-18-35-33(39)29(22-25-9-6-5-7-10-25)36(24-26-12-14-27(34)15-13-26)32(38)11-8-19-37(44(2,40)41)28-16-17-30-31(23-28)43-21-20-42-30/h5-7,9-10,12-17,23,29H,3-4,8,11,18-22,24H2,1-2H3,(H,35,39). The van der Waals surface area contributed by atoms with Crippen LogP contribution in [0.4, 0.5) is 5.69 Å². The Balaban J connectivity index is 1.56. The van der Waals surface area contributed by atoms with Crippen molar-refractivity contribution < 1.29 is 27.5 Å². The number of carbonyl (C=O) groups is 2. The first kappa shape index (κ1) is 33.3. The van der Waals surface area contributed by atoms with Crippen LogP contribution in [0.3, 0.4) is 0 Å². The highest BCUT2D eigenvalue weighted by Gasteiger charge is 2.30. The molecule has 0 saturated heterocycles. The minimum absolute atomic E-state index is 0.0562. The highest BCUT2D eigenvalue weighted by molar-refractivity contribution is 9.10. The van der Waals surface area contributed by atoms with E-state index >= 15 is 0 Å². The van der Waals surface area contributed by atoms with Crippen molar-refractivity contribution in [2.45, 2.75) is 51.6 Å². The van der Waals surface area contributed by atoms with E-state index in [1.54, 1.807) is 23.1 Å². The van der Waals surface area contributed by atoms with Gasteiger partial charge in [0.1, 0.15) is 19.3 Å². The molecule has 3 aromatic rings. The molecular weight excluding hydrogens is 646 g/mol. The molecule has 2 amide bonds. The fourth-order valence-electron chi connectivity index (χ4n) is 5.04. The number of nitrogens with one attached hydrogen (secondary N) is 1. The lowest BCUT2D eigenvalue weighted by Crippen LogP contribution is -2.50. The van der Waals surface area contributed by atoms with Gasteiger partial charge in [0.2, 0.25) is 21.8 Å². The highest BCUT2D eigenvalue weighted by Crippen LogP contribution is 2.35. The van der Waals surface area contributed by atoms with Gasteiger partial charge in [-0.3, -0.25) is 13.9 Å². The highest BCUT2D eigenvalue weighted by atomic mass is 79.9. The fourth-order valence-corrected chi connectivity index (χ4v) is 6.26. The summed E-state index contributed by atoms with van der Waals surface area (Å²) in [6.45, 7) is 3.73. The molecule has 0 spiro atoms. The van der Waals surface area contributed by atoms with E-state index in [9.17, 15) is 18.0 Å². The zero-order valence-electron chi connectivity index (χ0n) is 25.2. The number of rotatable bonds is 15. The molecule has 4 rings (SSSR count). The van der Waals surface area contributed by atoms with Crippen molar-refractivity contribution in [3.63, 3.8) is 0 Å². The molecule has 1 heterocycles. The van der Waals surface area contributed by atoms with Crippen LogP contribution in [0.25, 0.3) is 0 Å². The summed E-state index contributed by atoms with van der Waals surface area (Å²) in [7, 11) is -3.66. The quantitative estimate of drug-likeness (QED) is 0.217. The number of amides is 2. The number of nitrogens with zero attached hydrogens (tertiary/aromatic N) is 2. The zero-order valence-corrected chi connectivity index (χ0v) is 27.6. The van der Waals surface area contributed by atoms with E-state index in [-0.39, 0.29) is 37.7 Å². The van der Waals surface area contributed by atoms with Gasteiger partial charge in [-0.25, -0.2) is 8.42 Å². The van der Waals surface area contributed by atoms with Gasteiger partial charge < -0.3 is 19.7 Å². The summed E-state index contributed by atoms with van der Waals surface area (Å²) in [5.74, 6) is 0.614. The molecule has 9 nitrogen and oxygen atoms in total. The third kappa shape index (κ3) is 9.46. The lowest BCUT2D eigenvalue weighted by Gasteiger charge is -2.32. The molecule has 0 aliphatic carbocycles. The number of hydrogen-bond donors (Lipinski definition) is 1. The smallest absolute Gasteiger partial charge is 0.243 e. The lowest BCUT2D eigenvalue weighted by molar-refractivity contribution is -0.141. The predicted octanol–water partition coefficient (Wildman–Crippen LogP) is 5.32. The fraction of sp³-hybridized carbons (Fsp3) is 0.394. The number of unbranched alkanes of at least 4 members (excludes halogenated alkanes) is 1. The molecule has 1 aliphatic heterocycles. The van der Waals surface area contributed by atoms with Crippen LogP contribution in [-0.2, 0) is 32.6 Å². The number of hydrogen-bond acceptors (Lipinski definition) is 6. The predicted molar refractivity (Wildman–Crippen MR) is 175 cm³/mol. The van der Waals surface area contributed by atoms with Gasteiger partial charge in [0.25, 0.3) is 0 Å². The van der Waals surface area contributed by atoms with E-state index in [0.717, 1.165) is 34.7 Å². The first-order valence-corrected chi connectivity index (χ1v) is 17.5. The Morgan fingerprint density at radius 3 is 2.32 bits per heavy atom. The Morgan fingerprint density at radius 1 is 0.932 bits per heavy atom. The number of halogens is 1. The summed E-state index contributed by atoms with van der Waals surface area (Å²) >= 11 is 3.46. The summed E-state index contributed by atoms with van der Waals surface area (Å²) < 4.78 is 39.0. The van der Waals surface area contributed by atoms with Gasteiger partial charge in [-0.1, -0.05) is 71.7 Å². The number of benzene rings is 3. The van der Waals surface area contributed by atoms with Crippen molar-refractivity contribution in [2.75, 3.05) is 36.9 Å². The van der Waals surface area contributed by atoms with Gasteiger partial charge >= 0.3 is 0 Å². The molecule has 0 bridgehead atoms. The second kappa shape index (κ2) is 15.9. The normalized spacial score (nSPS) is 13.2. The van der Waals surface area contributed by atoms with Crippen molar-refractivity contribution in [1.82, 2.24) is 10.2 Å². The molecule has 3 aromatic carbocycles. The van der Waals surface area contributed by atoms with Crippen molar-refractivity contribution >= 4 is 43.5 Å². The van der Waals surface area contributed by atoms with Crippen LogP contribution in [0.5, 0.6) is 11.5 Å². The molecule has 1 unspecified atom stereocenters. The zero-order chi connectivity index (χ0) is 31.5. The van der Waals surface area contributed by atoms with Crippen LogP contribution < -0.4 is 19.1 Å². The summed E-state index contributed by atoms with van der Waals surface area (Å²) in [4.78, 5) is 29.2. The lowest BCUT2D eigenvalue weighted by atomic mass is 10.0. The van der Waals surface area contributed by atoms with E-state index < -0.39 is 16.1 Å². The molecule has 0 aromatic heterocycles. The van der Waals surface area contributed by atoms with Crippen LogP contribution in [0.1, 0.15) is 43.7 Å². The molecule has 236 valence electrons. The maximum absolute atomic E-state index is 14.0. The molecule has 1 N–H and O–H groups in total. The molecule has 0 radical (unpaired) electrons. The largest absolute Gasteiger partial charge is 0.486 e. The Hall–Kier alpha value is -3.57. The van der Waals surface area contributed by atoms with E-state index in [1.165, 1.54) is 4.31 Å². The SMILES string of the molecule is CCCCNC(=O)C(Cc1ccccc1)N(Cc1ccc(Br)cc1)C(=O)CCCN(c1ccc2c(c1)OCCO2)S(C)(=O)=O. The van der Waals surface area contributed by atoms with Gasteiger partial charge in [-0.2, -0.15) is 0 Å². The molecule has 1 atom stereocenters. The van der Waals surface area contributed by atoms with Gasteiger partial charge in [0, 0.05) is 43.0 Å². The summed E-state index contributed by atoms with van der Waals surface area (Å²) in [5, 5.41) is 3.02. The van der Waals surface area contributed by atoms with Crippen LogP contribution in [0, 0.1) is 0 Å². The average molecular weight is 687 g/mol. The van der Waals surface area contributed by atoms with Crippen molar-refractivity contribution in [3.05, 3.63) is 88.4 Å². The number of fused-ring (bicyclic) bond motifs is 1. The van der Waals surface area contributed by atoms with Gasteiger partial charge in [-0.15, -0.1) is 0 Å². The molecule has 1 aliphatic rings. The van der Waals surface area contributed by atoms with Gasteiger partial charge in [0.15, 0.2) is 11.5 Å². The van der Waals surface area contributed by atoms with Crippen LogP contribution in [0.2, 0.25) is 0 Å². The number of ether oxygens (including phenoxy) is 2. The summed E-state index contributed by atoms with van der Waals surface area (Å²) in [6, 6.07) is 21.6. The number of carbonyl (C=O) groups excluding carboxylic acids is 2. The monoisotopic (exact) mass is 685 g/mol. The van der Waals surface area contributed by atoms with Gasteiger partial charge in [0.05, 0.1) is 11.9 Å². The average Bonchev–Trinajstić information content (AvgIpc) is 3.01. The molecule has 0 fully saturated rings. The Kier molecular flexibility index (Phi) is 12.1. The molecule has 0 saturated carbocycles. The Morgan fingerprint density at radius 2 is 1.64 bits per heavy atom. The summed E-state index contributed by atoms with van der Waals surface area (Å²) in [5.41, 5.74) is 2.27. The van der Waals surface area contributed by atoms with E-state index in [4.69, 9.17) is 9.47 Å². The van der Waals surface area contributed by atoms with Crippen LogP contribution >= 0.6 is 15.9 Å². The maximum Gasteiger partial charge on any atom is 0.243 e. The van der Waals surface area contributed by atoms with Crippen molar-refractivity contribution in [3.8, 4) is 11.5 Å². The van der Waals surface area contributed by atoms with Crippen molar-refractivity contribution in [2.24, 2.45) is 0 Å². The van der Waals surface area contributed by atoms with E-state index in [0.29, 0.717) is 43.4 Å². The number of anilines is 1. The topological polar surface area (TPSA) is 105 Å². The Bertz CT molecular complexity index is 1500. The minimum atomic E-state index is -3.66. The summed E-state index contributed by atoms with van der Waals surface area (Å²) in [6.07, 6.45) is 3.58. The van der Waals surface area contributed by atoms with Crippen LogP contribution in [-0.4, -0.2) is 63.7 Å². The minimum Gasteiger partial charge on any atom is -0.486 e.